The molecule has 0 radical (unpaired) electrons. The van der Waals surface area contributed by atoms with Gasteiger partial charge in [0.15, 0.2) is 5.60 Å². The Balaban J connectivity index is 2.07. The molecule has 5 nitrogen and oxygen atoms in total. The first-order valence-corrected chi connectivity index (χ1v) is 8.86. The number of hydrogen-bond acceptors (Lipinski definition) is 4. The van der Waals surface area contributed by atoms with Crippen molar-refractivity contribution in [1.82, 2.24) is 4.90 Å². The van der Waals surface area contributed by atoms with Gasteiger partial charge in [-0.05, 0) is 52.3 Å². The molecule has 0 bridgehead atoms. The van der Waals surface area contributed by atoms with Crippen LogP contribution in [-0.4, -0.2) is 53.6 Å². The number of rotatable bonds is 2. The van der Waals surface area contributed by atoms with Gasteiger partial charge in [0, 0.05) is 31.4 Å². The predicted molar refractivity (Wildman–Crippen MR) is 96.7 cm³/mol. The molecule has 0 unspecified atom stereocenters. The molecule has 27 heavy (non-hydrogen) atoms. The number of piperazine rings is 1. The van der Waals surface area contributed by atoms with Crippen molar-refractivity contribution >= 4 is 11.8 Å². The molecule has 1 aromatic rings. The summed E-state index contributed by atoms with van der Waals surface area (Å²) in [5.41, 5.74) is -2.93. The number of halogens is 3. The van der Waals surface area contributed by atoms with Crippen LogP contribution < -0.4 is 4.90 Å². The summed E-state index contributed by atoms with van der Waals surface area (Å²) in [6.07, 6.45) is -5.12. The minimum absolute atomic E-state index is 0.0276. The number of nitrogens with zero attached hydrogens (tertiary/aromatic N) is 2. The van der Waals surface area contributed by atoms with Gasteiger partial charge in [-0.25, -0.2) is 4.79 Å². The second-order valence-corrected chi connectivity index (χ2v) is 8.09. The number of carbonyl (C=O) groups excluding carboxylic acids is 1. The predicted octanol–water partition coefficient (Wildman–Crippen LogP) is 3.90. The van der Waals surface area contributed by atoms with Gasteiger partial charge in [0.05, 0.1) is 0 Å². The van der Waals surface area contributed by atoms with Crippen LogP contribution in [0.3, 0.4) is 0 Å². The largest absolute Gasteiger partial charge is 0.444 e. The Kier molecular flexibility index (Phi) is 5.71. The summed E-state index contributed by atoms with van der Waals surface area (Å²) in [6, 6.07) is 5.68. The summed E-state index contributed by atoms with van der Waals surface area (Å²) < 4.78 is 44.3. The van der Waals surface area contributed by atoms with Crippen molar-refractivity contribution in [2.45, 2.75) is 58.0 Å². The van der Waals surface area contributed by atoms with Gasteiger partial charge in [-0.3, -0.25) is 0 Å². The summed E-state index contributed by atoms with van der Waals surface area (Å²) in [4.78, 5) is 15.9. The SMILES string of the molecule is C[C@H]1CN(C(=O)OC(C)(C)C)CCN1c1ccc([C@](C)(O)C(F)(F)F)cc1. The maximum Gasteiger partial charge on any atom is 0.421 e. The monoisotopic (exact) mass is 388 g/mol. The van der Waals surface area contributed by atoms with E-state index in [0.29, 0.717) is 19.6 Å². The lowest BCUT2D eigenvalue weighted by molar-refractivity contribution is -0.258. The highest BCUT2D eigenvalue weighted by atomic mass is 19.4. The lowest BCUT2D eigenvalue weighted by atomic mass is 9.95. The third kappa shape index (κ3) is 4.86. The Bertz CT molecular complexity index is 666. The van der Waals surface area contributed by atoms with E-state index in [1.807, 2.05) is 32.6 Å². The molecule has 1 amide bonds. The Morgan fingerprint density at radius 1 is 1.11 bits per heavy atom. The smallest absolute Gasteiger partial charge is 0.421 e. The lowest BCUT2D eigenvalue weighted by Crippen LogP contribution is -2.54. The molecular formula is C19H27F3N2O3. The molecule has 1 fully saturated rings. The number of ether oxygens (including phenoxy) is 1. The van der Waals surface area contributed by atoms with Gasteiger partial charge in [0.2, 0.25) is 0 Å². The topological polar surface area (TPSA) is 53.0 Å². The fourth-order valence-electron chi connectivity index (χ4n) is 2.97. The Morgan fingerprint density at radius 2 is 1.67 bits per heavy atom. The van der Waals surface area contributed by atoms with Crippen molar-refractivity contribution in [2.75, 3.05) is 24.5 Å². The van der Waals surface area contributed by atoms with Crippen LogP contribution in [0.25, 0.3) is 0 Å². The number of aliphatic hydroxyl groups is 1. The van der Waals surface area contributed by atoms with E-state index in [1.54, 1.807) is 17.0 Å². The van der Waals surface area contributed by atoms with Gasteiger partial charge < -0.3 is 19.6 Å². The van der Waals surface area contributed by atoms with Crippen molar-refractivity contribution < 1.29 is 27.8 Å². The van der Waals surface area contributed by atoms with Gasteiger partial charge in [0.1, 0.15) is 5.60 Å². The lowest BCUT2D eigenvalue weighted by Gasteiger charge is -2.41. The van der Waals surface area contributed by atoms with Crippen molar-refractivity contribution in [3.63, 3.8) is 0 Å². The molecule has 0 aliphatic carbocycles. The van der Waals surface area contributed by atoms with E-state index < -0.39 is 17.4 Å². The molecule has 1 aromatic carbocycles. The molecule has 2 rings (SSSR count). The first-order chi connectivity index (χ1) is 12.2. The molecule has 1 aliphatic heterocycles. The fourth-order valence-corrected chi connectivity index (χ4v) is 2.97. The number of anilines is 1. The minimum atomic E-state index is -4.75. The van der Waals surface area contributed by atoms with Crippen molar-refractivity contribution in [1.29, 1.82) is 0 Å². The zero-order valence-corrected chi connectivity index (χ0v) is 16.3. The van der Waals surface area contributed by atoms with Gasteiger partial charge in [-0.2, -0.15) is 13.2 Å². The molecule has 1 N–H and O–H groups in total. The number of benzene rings is 1. The van der Waals surface area contributed by atoms with Crippen LogP contribution in [0.2, 0.25) is 0 Å². The normalized spacial score (nSPS) is 21.0. The zero-order chi connectivity index (χ0) is 20.6. The molecule has 1 saturated heterocycles. The number of amides is 1. The Labute approximate surface area is 157 Å². The van der Waals surface area contributed by atoms with Crippen molar-refractivity contribution in [2.24, 2.45) is 0 Å². The molecule has 8 heteroatoms. The van der Waals surface area contributed by atoms with Crippen LogP contribution >= 0.6 is 0 Å². The summed E-state index contributed by atoms with van der Waals surface area (Å²) in [5.74, 6) is 0. The third-order valence-electron chi connectivity index (χ3n) is 4.59. The van der Waals surface area contributed by atoms with Crippen LogP contribution in [0.5, 0.6) is 0 Å². The summed E-state index contributed by atoms with van der Waals surface area (Å²) in [6.45, 7) is 9.56. The highest BCUT2D eigenvalue weighted by Gasteiger charge is 2.51. The average Bonchev–Trinajstić information content (AvgIpc) is 2.52. The van der Waals surface area contributed by atoms with Crippen LogP contribution in [0.15, 0.2) is 24.3 Å². The third-order valence-corrected chi connectivity index (χ3v) is 4.59. The molecule has 1 heterocycles. The Hall–Kier alpha value is -1.96. The number of carbonyl (C=O) groups is 1. The standard InChI is InChI=1S/C19H27F3N2O3/c1-13-12-23(16(25)27-17(2,3)4)10-11-24(13)15-8-6-14(7-9-15)18(5,26)19(20,21)22/h6-9,13,26H,10-12H2,1-5H3/t13-,18-/m0/s1. The van der Waals surface area contributed by atoms with Crippen molar-refractivity contribution in [3.05, 3.63) is 29.8 Å². The molecule has 0 spiro atoms. The van der Waals surface area contributed by atoms with E-state index in [9.17, 15) is 23.1 Å². The quantitative estimate of drug-likeness (QED) is 0.835. The Morgan fingerprint density at radius 3 is 2.11 bits per heavy atom. The minimum Gasteiger partial charge on any atom is -0.444 e. The second kappa shape index (κ2) is 7.22. The number of hydrogen-bond donors (Lipinski definition) is 1. The maximum atomic E-state index is 13.0. The van der Waals surface area contributed by atoms with Gasteiger partial charge in [-0.15, -0.1) is 0 Å². The second-order valence-electron chi connectivity index (χ2n) is 8.09. The summed E-state index contributed by atoms with van der Waals surface area (Å²) >= 11 is 0. The van der Waals surface area contributed by atoms with Gasteiger partial charge in [0.25, 0.3) is 0 Å². The van der Waals surface area contributed by atoms with Crippen LogP contribution in [0.1, 0.15) is 40.2 Å². The van der Waals surface area contributed by atoms with E-state index in [1.165, 1.54) is 12.1 Å². The van der Waals surface area contributed by atoms with Gasteiger partial charge in [-0.1, -0.05) is 12.1 Å². The van der Waals surface area contributed by atoms with E-state index >= 15 is 0 Å². The van der Waals surface area contributed by atoms with E-state index in [4.69, 9.17) is 4.74 Å². The molecule has 0 aromatic heterocycles. The first kappa shape index (κ1) is 21.3. The summed E-state index contributed by atoms with van der Waals surface area (Å²) in [5, 5.41) is 9.77. The van der Waals surface area contributed by atoms with Crippen LogP contribution in [-0.2, 0) is 10.3 Å². The average molecular weight is 388 g/mol. The van der Waals surface area contributed by atoms with Crippen LogP contribution in [0.4, 0.5) is 23.7 Å². The molecule has 0 saturated carbocycles. The highest BCUT2D eigenvalue weighted by molar-refractivity contribution is 5.69. The fraction of sp³-hybridized carbons (Fsp3) is 0.632. The molecule has 152 valence electrons. The van der Waals surface area contributed by atoms with E-state index in [2.05, 4.69) is 0 Å². The van der Waals surface area contributed by atoms with Crippen LogP contribution in [0, 0.1) is 0 Å². The highest BCUT2D eigenvalue weighted by Crippen LogP contribution is 2.39. The first-order valence-electron chi connectivity index (χ1n) is 8.86. The molecule has 1 aliphatic rings. The zero-order valence-electron chi connectivity index (χ0n) is 16.3. The molecule has 2 atom stereocenters. The van der Waals surface area contributed by atoms with E-state index in [0.717, 1.165) is 12.6 Å². The number of alkyl halides is 3. The van der Waals surface area contributed by atoms with E-state index in [-0.39, 0.29) is 17.7 Å². The van der Waals surface area contributed by atoms with Crippen molar-refractivity contribution in [3.8, 4) is 0 Å². The maximum absolute atomic E-state index is 13.0. The summed E-state index contributed by atoms with van der Waals surface area (Å²) in [7, 11) is 0. The molecular weight excluding hydrogens is 361 g/mol. The van der Waals surface area contributed by atoms with Gasteiger partial charge >= 0.3 is 12.3 Å².